The molecular weight excluding hydrogens is 414 g/mol. The van der Waals surface area contributed by atoms with Gasteiger partial charge in [0.1, 0.15) is 5.75 Å². The number of amides is 1. The lowest BCUT2D eigenvalue weighted by atomic mass is 10.1. The minimum atomic E-state index is -0.470. The average Bonchev–Trinajstić information content (AvgIpc) is 3.24. The lowest BCUT2D eigenvalue weighted by molar-refractivity contribution is -0.139. The molecule has 0 radical (unpaired) electrons. The molecule has 0 spiro atoms. The number of piperazine rings is 1. The smallest absolute Gasteiger partial charge is 0.263 e. The number of hydrogen-bond donors (Lipinski definition) is 3. The summed E-state index contributed by atoms with van der Waals surface area (Å²) >= 11 is 0. The Kier molecular flexibility index (Phi) is 7.40. The molecule has 1 amide bonds. The van der Waals surface area contributed by atoms with Gasteiger partial charge in [0, 0.05) is 54.7 Å². The van der Waals surface area contributed by atoms with E-state index >= 15 is 0 Å². The highest BCUT2D eigenvalue weighted by Gasteiger charge is 2.29. The van der Waals surface area contributed by atoms with Crippen LogP contribution in [0.4, 0.5) is 11.4 Å². The van der Waals surface area contributed by atoms with Crippen LogP contribution in [0.15, 0.2) is 48.7 Å². The molecule has 7 nitrogen and oxygen atoms in total. The van der Waals surface area contributed by atoms with Crippen LogP contribution < -0.4 is 21.1 Å². The Labute approximate surface area is 195 Å². The van der Waals surface area contributed by atoms with Gasteiger partial charge in [0.25, 0.3) is 5.91 Å². The van der Waals surface area contributed by atoms with Gasteiger partial charge in [0.05, 0.1) is 0 Å². The molecule has 1 atom stereocenters. The number of nitrogen functional groups attached to an aromatic ring is 1. The van der Waals surface area contributed by atoms with E-state index in [-0.39, 0.29) is 5.91 Å². The zero-order valence-corrected chi connectivity index (χ0v) is 19.4. The van der Waals surface area contributed by atoms with Crippen molar-refractivity contribution in [1.82, 2.24) is 9.88 Å². The largest absolute Gasteiger partial charge is 0.481 e. The lowest BCUT2D eigenvalue weighted by Crippen LogP contribution is -2.52. The van der Waals surface area contributed by atoms with Crippen LogP contribution in [0.2, 0.25) is 0 Å². The van der Waals surface area contributed by atoms with E-state index in [0.717, 1.165) is 60.4 Å². The molecule has 1 saturated heterocycles. The molecular formula is C26H35N5O2. The van der Waals surface area contributed by atoms with Crippen molar-refractivity contribution < 1.29 is 9.53 Å². The summed E-state index contributed by atoms with van der Waals surface area (Å²) in [5.74, 6) is 0.812. The lowest BCUT2D eigenvalue weighted by Gasteiger charge is -2.37. The van der Waals surface area contributed by atoms with Crippen LogP contribution in [-0.4, -0.2) is 54.6 Å². The molecule has 2 aromatic carbocycles. The van der Waals surface area contributed by atoms with Gasteiger partial charge in [-0.25, -0.2) is 0 Å². The van der Waals surface area contributed by atoms with Crippen molar-refractivity contribution in [2.45, 2.75) is 38.7 Å². The highest BCUT2D eigenvalue weighted by Crippen LogP contribution is 2.26. The molecule has 0 aliphatic carbocycles. The summed E-state index contributed by atoms with van der Waals surface area (Å²) in [5, 5.41) is 1.11. The number of aromatic amines is 1. The molecule has 1 aromatic heterocycles. The van der Waals surface area contributed by atoms with Crippen LogP contribution in [0.1, 0.15) is 31.7 Å². The van der Waals surface area contributed by atoms with Gasteiger partial charge < -0.3 is 31.0 Å². The summed E-state index contributed by atoms with van der Waals surface area (Å²) in [6.07, 6.45) is 5.03. The summed E-state index contributed by atoms with van der Waals surface area (Å²) in [6, 6.07) is 13.9. The maximum Gasteiger partial charge on any atom is 0.263 e. The second-order valence-electron chi connectivity index (χ2n) is 8.71. The first-order valence-electron chi connectivity index (χ1n) is 11.9. The minimum absolute atomic E-state index is 0.0803. The van der Waals surface area contributed by atoms with Gasteiger partial charge in [-0.05, 0) is 73.8 Å². The predicted octanol–water partition coefficient (Wildman–Crippen LogP) is 3.54. The van der Waals surface area contributed by atoms with Crippen molar-refractivity contribution in [2.75, 3.05) is 43.4 Å². The van der Waals surface area contributed by atoms with E-state index in [4.69, 9.17) is 16.2 Å². The fourth-order valence-corrected chi connectivity index (χ4v) is 4.45. The standard InChI is InChI=1S/C26H35N5O2/c1-2-3-4-25(33-22-9-10-24-23(17-22)19(11-12-27)18-29-24)26(32)31-15-13-30(14-16-31)21-7-5-20(28)6-8-21/h5-10,17-18,25,29H,2-4,11-16,27-28H2,1H3. The van der Waals surface area contributed by atoms with Crippen LogP contribution >= 0.6 is 0 Å². The van der Waals surface area contributed by atoms with Crippen molar-refractivity contribution in [3.05, 3.63) is 54.2 Å². The summed E-state index contributed by atoms with van der Waals surface area (Å²) in [7, 11) is 0. The van der Waals surface area contributed by atoms with Crippen LogP contribution in [0.25, 0.3) is 10.9 Å². The van der Waals surface area contributed by atoms with Crippen molar-refractivity contribution in [1.29, 1.82) is 0 Å². The molecule has 4 rings (SSSR count). The van der Waals surface area contributed by atoms with E-state index in [1.807, 2.05) is 53.6 Å². The average molecular weight is 450 g/mol. The van der Waals surface area contributed by atoms with Crippen LogP contribution in [0.5, 0.6) is 5.75 Å². The number of nitrogens with zero attached hydrogens (tertiary/aromatic N) is 2. The Bertz CT molecular complexity index is 1050. The number of nitrogens with two attached hydrogens (primary N) is 2. The van der Waals surface area contributed by atoms with Gasteiger partial charge >= 0.3 is 0 Å². The third-order valence-electron chi connectivity index (χ3n) is 6.38. The first kappa shape index (κ1) is 23.0. The molecule has 1 fully saturated rings. The van der Waals surface area contributed by atoms with Crippen molar-refractivity contribution in [3.63, 3.8) is 0 Å². The highest BCUT2D eigenvalue weighted by atomic mass is 16.5. The molecule has 7 heteroatoms. The zero-order chi connectivity index (χ0) is 23.2. The first-order valence-corrected chi connectivity index (χ1v) is 11.9. The second kappa shape index (κ2) is 10.6. The number of H-pyrrole nitrogens is 1. The number of unbranched alkanes of at least 4 members (excludes halogenated alkanes) is 1. The molecule has 3 aromatic rings. The van der Waals surface area contributed by atoms with Crippen LogP contribution in [-0.2, 0) is 11.2 Å². The molecule has 0 saturated carbocycles. The highest BCUT2D eigenvalue weighted by molar-refractivity contribution is 5.85. The maximum atomic E-state index is 13.4. The molecule has 176 valence electrons. The molecule has 2 heterocycles. The normalized spacial score (nSPS) is 15.1. The van der Waals surface area contributed by atoms with E-state index in [1.165, 1.54) is 5.56 Å². The minimum Gasteiger partial charge on any atom is -0.481 e. The topological polar surface area (TPSA) is 101 Å². The molecule has 5 N–H and O–H groups in total. The SMILES string of the molecule is CCCCC(Oc1ccc2[nH]cc(CCN)c2c1)C(=O)N1CCN(c2ccc(N)cc2)CC1. The number of aromatic nitrogens is 1. The zero-order valence-electron chi connectivity index (χ0n) is 19.4. The summed E-state index contributed by atoms with van der Waals surface area (Å²) in [4.78, 5) is 21.0. The molecule has 1 unspecified atom stereocenters. The summed E-state index contributed by atoms with van der Waals surface area (Å²) in [6.45, 7) is 5.71. The van der Waals surface area contributed by atoms with Crippen molar-refractivity contribution >= 4 is 28.2 Å². The third kappa shape index (κ3) is 5.42. The fourth-order valence-electron chi connectivity index (χ4n) is 4.45. The van der Waals surface area contributed by atoms with Crippen molar-refractivity contribution in [3.8, 4) is 5.75 Å². The number of benzene rings is 2. The molecule has 0 bridgehead atoms. The maximum absolute atomic E-state index is 13.4. The number of carbonyl (C=O) groups is 1. The van der Waals surface area contributed by atoms with E-state index < -0.39 is 6.10 Å². The predicted molar refractivity (Wildman–Crippen MR) is 135 cm³/mol. The quantitative estimate of drug-likeness (QED) is 0.434. The van der Waals surface area contributed by atoms with E-state index in [9.17, 15) is 4.79 Å². The van der Waals surface area contributed by atoms with Crippen molar-refractivity contribution in [2.24, 2.45) is 5.73 Å². The van der Waals surface area contributed by atoms with Crippen LogP contribution in [0.3, 0.4) is 0 Å². The Hall–Kier alpha value is -3.19. The Morgan fingerprint density at radius 3 is 2.58 bits per heavy atom. The number of rotatable bonds is 9. The number of nitrogens with one attached hydrogen (secondary N) is 1. The Morgan fingerprint density at radius 1 is 1.12 bits per heavy atom. The molecule has 1 aliphatic heterocycles. The summed E-state index contributed by atoms with van der Waals surface area (Å²) in [5.41, 5.74) is 15.7. The third-order valence-corrected chi connectivity index (χ3v) is 6.38. The van der Waals surface area contributed by atoms with Gasteiger partial charge in [0.2, 0.25) is 0 Å². The molecule has 1 aliphatic rings. The van der Waals surface area contributed by atoms with E-state index in [0.29, 0.717) is 26.1 Å². The Balaban J connectivity index is 1.43. The van der Waals surface area contributed by atoms with Gasteiger partial charge in [-0.3, -0.25) is 4.79 Å². The molecule has 33 heavy (non-hydrogen) atoms. The van der Waals surface area contributed by atoms with E-state index in [2.05, 4.69) is 16.8 Å². The van der Waals surface area contributed by atoms with Gasteiger partial charge in [0.15, 0.2) is 6.10 Å². The number of fused-ring (bicyclic) bond motifs is 1. The van der Waals surface area contributed by atoms with Gasteiger partial charge in [-0.1, -0.05) is 13.3 Å². The van der Waals surface area contributed by atoms with Crippen LogP contribution in [0, 0.1) is 0 Å². The number of ether oxygens (including phenoxy) is 1. The monoisotopic (exact) mass is 449 g/mol. The van der Waals surface area contributed by atoms with E-state index in [1.54, 1.807) is 0 Å². The number of carbonyl (C=O) groups excluding carboxylic acids is 1. The number of anilines is 2. The summed E-state index contributed by atoms with van der Waals surface area (Å²) < 4.78 is 6.30. The second-order valence-corrected chi connectivity index (χ2v) is 8.71. The van der Waals surface area contributed by atoms with Gasteiger partial charge in [-0.15, -0.1) is 0 Å². The fraction of sp³-hybridized carbons (Fsp3) is 0.423. The Morgan fingerprint density at radius 2 is 1.88 bits per heavy atom. The number of hydrogen-bond acceptors (Lipinski definition) is 5. The first-order chi connectivity index (χ1) is 16.1. The van der Waals surface area contributed by atoms with Gasteiger partial charge in [-0.2, -0.15) is 0 Å².